The van der Waals surface area contributed by atoms with Gasteiger partial charge in [-0.25, -0.2) is 0 Å². The van der Waals surface area contributed by atoms with Gasteiger partial charge in [0, 0.05) is 12.1 Å². The second-order valence-electron chi connectivity index (χ2n) is 5.75. The molecule has 0 spiro atoms. The molecule has 3 rings (SSSR count). The van der Waals surface area contributed by atoms with Gasteiger partial charge in [0.1, 0.15) is 23.0 Å². The molecule has 0 radical (unpaired) electrons. The van der Waals surface area contributed by atoms with Crippen LogP contribution in [0.4, 0.5) is 0 Å². The molecule has 0 bridgehead atoms. The standard InChI is InChI=1S/C22H22O4/c1-23-17-9-15(10-18(13-17)24-2)21-7-5-6-8-22(21)16-11-19(25-3)14-20(12-16)26-4/h5-14H,1-4H3. The van der Waals surface area contributed by atoms with Gasteiger partial charge >= 0.3 is 0 Å². The Hall–Kier alpha value is -3.14. The molecule has 134 valence electrons. The number of rotatable bonds is 6. The smallest absolute Gasteiger partial charge is 0.123 e. The minimum atomic E-state index is 0.748. The highest BCUT2D eigenvalue weighted by Crippen LogP contribution is 2.38. The molecule has 0 heterocycles. The van der Waals surface area contributed by atoms with Gasteiger partial charge in [-0.15, -0.1) is 0 Å². The summed E-state index contributed by atoms with van der Waals surface area (Å²) in [6, 6.07) is 19.9. The second kappa shape index (κ2) is 7.83. The van der Waals surface area contributed by atoms with Crippen LogP contribution in [-0.4, -0.2) is 28.4 Å². The van der Waals surface area contributed by atoms with Crippen molar-refractivity contribution < 1.29 is 18.9 Å². The molecule has 0 aliphatic rings. The maximum atomic E-state index is 5.42. The first-order valence-electron chi connectivity index (χ1n) is 8.24. The van der Waals surface area contributed by atoms with Crippen molar-refractivity contribution in [2.75, 3.05) is 28.4 Å². The fraction of sp³-hybridized carbons (Fsp3) is 0.182. The Bertz CT molecular complexity index is 783. The molecule has 0 aromatic heterocycles. The molecule has 0 atom stereocenters. The fourth-order valence-electron chi connectivity index (χ4n) is 2.91. The van der Waals surface area contributed by atoms with Gasteiger partial charge in [-0.1, -0.05) is 24.3 Å². The summed E-state index contributed by atoms with van der Waals surface area (Å²) >= 11 is 0. The molecule has 0 saturated carbocycles. The zero-order chi connectivity index (χ0) is 18.5. The Morgan fingerprint density at radius 2 is 0.769 bits per heavy atom. The monoisotopic (exact) mass is 350 g/mol. The molecular weight excluding hydrogens is 328 g/mol. The van der Waals surface area contributed by atoms with Crippen LogP contribution in [0, 0.1) is 0 Å². The van der Waals surface area contributed by atoms with Crippen LogP contribution in [0.3, 0.4) is 0 Å². The maximum Gasteiger partial charge on any atom is 0.123 e. The van der Waals surface area contributed by atoms with Crippen molar-refractivity contribution in [3.05, 3.63) is 60.7 Å². The first-order chi connectivity index (χ1) is 12.7. The van der Waals surface area contributed by atoms with Crippen LogP contribution in [0.5, 0.6) is 23.0 Å². The lowest BCUT2D eigenvalue weighted by atomic mass is 9.94. The molecule has 0 aliphatic carbocycles. The van der Waals surface area contributed by atoms with Gasteiger partial charge in [0.2, 0.25) is 0 Å². The van der Waals surface area contributed by atoms with Gasteiger partial charge in [-0.2, -0.15) is 0 Å². The molecule has 4 heteroatoms. The predicted molar refractivity (Wildman–Crippen MR) is 104 cm³/mol. The Labute approximate surface area is 153 Å². The van der Waals surface area contributed by atoms with Gasteiger partial charge in [0.15, 0.2) is 0 Å². The fourth-order valence-corrected chi connectivity index (χ4v) is 2.91. The molecule has 0 fully saturated rings. The van der Waals surface area contributed by atoms with E-state index in [0.29, 0.717) is 0 Å². The molecule has 0 aliphatic heterocycles. The molecule has 0 N–H and O–H groups in total. The Morgan fingerprint density at radius 1 is 0.462 bits per heavy atom. The van der Waals surface area contributed by atoms with Crippen LogP contribution in [0.2, 0.25) is 0 Å². The largest absolute Gasteiger partial charge is 0.497 e. The van der Waals surface area contributed by atoms with Gasteiger partial charge in [0.05, 0.1) is 28.4 Å². The third-order valence-corrected chi connectivity index (χ3v) is 4.25. The highest BCUT2D eigenvalue weighted by atomic mass is 16.5. The Balaban J connectivity index is 2.19. The molecule has 0 saturated heterocycles. The van der Waals surface area contributed by atoms with E-state index in [1.807, 2.05) is 48.5 Å². The van der Waals surface area contributed by atoms with Gasteiger partial charge < -0.3 is 18.9 Å². The molecule has 0 amide bonds. The van der Waals surface area contributed by atoms with E-state index in [1.54, 1.807) is 28.4 Å². The Morgan fingerprint density at radius 3 is 1.04 bits per heavy atom. The summed E-state index contributed by atoms with van der Waals surface area (Å²) in [4.78, 5) is 0. The lowest BCUT2D eigenvalue weighted by Crippen LogP contribution is -1.92. The van der Waals surface area contributed by atoms with E-state index in [1.165, 1.54) is 0 Å². The number of benzene rings is 3. The summed E-state index contributed by atoms with van der Waals surface area (Å²) in [5, 5.41) is 0. The van der Waals surface area contributed by atoms with Crippen molar-refractivity contribution in [3.8, 4) is 45.3 Å². The van der Waals surface area contributed by atoms with Crippen molar-refractivity contribution in [2.45, 2.75) is 0 Å². The topological polar surface area (TPSA) is 36.9 Å². The number of hydrogen-bond acceptors (Lipinski definition) is 4. The van der Waals surface area contributed by atoms with Crippen molar-refractivity contribution >= 4 is 0 Å². The molecule has 26 heavy (non-hydrogen) atoms. The zero-order valence-corrected chi connectivity index (χ0v) is 15.4. The lowest BCUT2D eigenvalue weighted by Gasteiger charge is -2.14. The minimum absolute atomic E-state index is 0.748. The molecule has 0 unspecified atom stereocenters. The van der Waals surface area contributed by atoms with Crippen molar-refractivity contribution in [3.63, 3.8) is 0 Å². The molecule has 3 aromatic rings. The van der Waals surface area contributed by atoms with Crippen LogP contribution in [0.25, 0.3) is 22.3 Å². The van der Waals surface area contributed by atoms with Crippen molar-refractivity contribution in [1.29, 1.82) is 0 Å². The number of methoxy groups -OCH3 is 4. The van der Waals surface area contributed by atoms with E-state index in [4.69, 9.17) is 18.9 Å². The van der Waals surface area contributed by atoms with Crippen LogP contribution < -0.4 is 18.9 Å². The van der Waals surface area contributed by atoms with Gasteiger partial charge in [-0.05, 0) is 46.5 Å². The summed E-state index contributed by atoms with van der Waals surface area (Å²) in [7, 11) is 6.60. The summed E-state index contributed by atoms with van der Waals surface area (Å²) in [6.45, 7) is 0. The average Bonchev–Trinajstić information content (AvgIpc) is 2.72. The normalized spacial score (nSPS) is 10.3. The zero-order valence-electron chi connectivity index (χ0n) is 15.4. The van der Waals surface area contributed by atoms with Crippen LogP contribution in [-0.2, 0) is 0 Å². The third-order valence-electron chi connectivity index (χ3n) is 4.25. The van der Waals surface area contributed by atoms with E-state index in [0.717, 1.165) is 45.3 Å². The lowest BCUT2D eigenvalue weighted by molar-refractivity contribution is 0.394. The number of hydrogen-bond donors (Lipinski definition) is 0. The Kier molecular flexibility index (Phi) is 5.32. The quantitative estimate of drug-likeness (QED) is 0.623. The van der Waals surface area contributed by atoms with E-state index in [9.17, 15) is 0 Å². The maximum absolute atomic E-state index is 5.42. The SMILES string of the molecule is COc1cc(OC)cc(-c2ccccc2-c2cc(OC)cc(OC)c2)c1. The minimum Gasteiger partial charge on any atom is -0.497 e. The second-order valence-corrected chi connectivity index (χ2v) is 5.75. The van der Waals surface area contributed by atoms with E-state index >= 15 is 0 Å². The molecule has 3 aromatic carbocycles. The highest BCUT2D eigenvalue weighted by molar-refractivity contribution is 5.85. The summed E-state index contributed by atoms with van der Waals surface area (Å²) in [5.41, 5.74) is 4.16. The van der Waals surface area contributed by atoms with E-state index < -0.39 is 0 Å². The third kappa shape index (κ3) is 3.59. The molecule has 4 nitrogen and oxygen atoms in total. The average molecular weight is 350 g/mol. The van der Waals surface area contributed by atoms with Gasteiger partial charge in [-0.3, -0.25) is 0 Å². The first-order valence-corrected chi connectivity index (χ1v) is 8.24. The molecular formula is C22H22O4. The summed E-state index contributed by atoms with van der Waals surface area (Å²) in [6.07, 6.45) is 0. The van der Waals surface area contributed by atoms with E-state index in [-0.39, 0.29) is 0 Å². The van der Waals surface area contributed by atoms with Crippen molar-refractivity contribution in [1.82, 2.24) is 0 Å². The van der Waals surface area contributed by atoms with Crippen molar-refractivity contribution in [2.24, 2.45) is 0 Å². The van der Waals surface area contributed by atoms with Crippen LogP contribution in [0.1, 0.15) is 0 Å². The summed E-state index contributed by atoms with van der Waals surface area (Å²) in [5.74, 6) is 2.99. The van der Waals surface area contributed by atoms with Crippen LogP contribution in [0.15, 0.2) is 60.7 Å². The highest BCUT2D eigenvalue weighted by Gasteiger charge is 2.12. The van der Waals surface area contributed by atoms with Gasteiger partial charge in [0.25, 0.3) is 0 Å². The van der Waals surface area contributed by atoms with Crippen LogP contribution >= 0.6 is 0 Å². The summed E-state index contributed by atoms with van der Waals surface area (Å²) < 4.78 is 21.7. The first kappa shape index (κ1) is 17.7. The number of ether oxygens (including phenoxy) is 4. The van der Waals surface area contributed by atoms with E-state index in [2.05, 4.69) is 12.1 Å². The predicted octanol–water partition coefficient (Wildman–Crippen LogP) is 5.06.